The predicted octanol–water partition coefficient (Wildman–Crippen LogP) is 3.57. The Balaban J connectivity index is 2.12. The molecule has 0 aliphatic heterocycles. The molecule has 0 spiro atoms. The zero-order valence-electron chi connectivity index (χ0n) is 10.1. The van der Waals surface area contributed by atoms with E-state index in [1.165, 1.54) is 12.8 Å². The van der Waals surface area contributed by atoms with Crippen molar-refractivity contribution in [2.24, 2.45) is 0 Å². The molecule has 0 saturated heterocycles. The van der Waals surface area contributed by atoms with Gasteiger partial charge in [-0.25, -0.2) is 14.6 Å². The van der Waals surface area contributed by atoms with Crippen molar-refractivity contribution in [1.29, 1.82) is 0 Å². The van der Waals surface area contributed by atoms with E-state index in [1.54, 1.807) is 4.68 Å². The van der Waals surface area contributed by atoms with Gasteiger partial charge in [0.05, 0.1) is 16.4 Å². The first-order valence-electron chi connectivity index (χ1n) is 5.83. The first kappa shape index (κ1) is 12.1. The molecule has 0 radical (unpaired) electrons. The van der Waals surface area contributed by atoms with Gasteiger partial charge in [0.1, 0.15) is 10.4 Å². The normalized spacial score (nSPS) is 15.1. The second-order valence-corrected chi connectivity index (χ2v) is 5.77. The molecule has 1 fully saturated rings. The monoisotopic (exact) mass is 326 g/mol. The van der Waals surface area contributed by atoms with Crippen molar-refractivity contribution in [3.05, 3.63) is 32.9 Å². The first-order chi connectivity index (χ1) is 8.56. The van der Waals surface area contributed by atoms with Crippen molar-refractivity contribution in [1.82, 2.24) is 19.7 Å². The second kappa shape index (κ2) is 4.31. The van der Waals surface area contributed by atoms with Crippen LogP contribution in [0.2, 0.25) is 5.02 Å². The van der Waals surface area contributed by atoms with Gasteiger partial charge in [0.2, 0.25) is 0 Å². The largest absolute Gasteiger partial charge is 0.226 e. The zero-order chi connectivity index (χ0) is 12.9. The molecule has 1 aliphatic rings. The van der Waals surface area contributed by atoms with Gasteiger partial charge in [-0.1, -0.05) is 11.6 Å². The molecule has 2 aromatic rings. The summed E-state index contributed by atoms with van der Waals surface area (Å²) in [5.74, 6) is 2.17. The summed E-state index contributed by atoms with van der Waals surface area (Å²) in [4.78, 5) is 8.99. The molecule has 18 heavy (non-hydrogen) atoms. The van der Waals surface area contributed by atoms with Crippen LogP contribution in [0.15, 0.2) is 10.7 Å². The van der Waals surface area contributed by atoms with Gasteiger partial charge in [0, 0.05) is 12.0 Å². The highest BCUT2D eigenvalue weighted by molar-refractivity contribution is 9.10. The Bertz CT molecular complexity index is 619. The van der Waals surface area contributed by atoms with Crippen LogP contribution in [0.4, 0.5) is 0 Å². The molecule has 94 valence electrons. The van der Waals surface area contributed by atoms with E-state index >= 15 is 0 Å². The van der Waals surface area contributed by atoms with Crippen molar-refractivity contribution in [2.75, 3.05) is 0 Å². The van der Waals surface area contributed by atoms with Crippen LogP contribution in [0.1, 0.15) is 36.0 Å². The number of aromatic nitrogens is 4. The average Bonchev–Trinajstić information content (AvgIpc) is 3.13. The minimum absolute atomic E-state index is 0.508. The number of hydrogen-bond acceptors (Lipinski definition) is 3. The fraction of sp³-hybridized carbons (Fsp3) is 0.417. The van der Waals surface area contributed by atoms with Gasteiger partial charge in [-0.05, 0) is 42.6 Å². The number of aryl methyl sites for hydroxylation is 1. The molecule has 0 amide bonds. The van der Waals surface area contributed by atoms with E-state index in [4.69, 9.17) is 11.6 Å². The molecule has 0 N–H and O–H groups in total. The fourth-order valence-electron chi connectivity index (χ4n) is 1.90. The second-order valence-electron chi connectivity index (χ2n) is 4.58. The summed E-state index contributed by atoms with van der Waals surface area (Å²) in [5.41, 5.74) is 1.72. The number of rotatable bonds is 2. The first-order valence-corrected chi connectivity index (χ1v) is 7.00. The van der Waals surface area contributed by atoms with Gasteiger partial charge in [-0.2, -0.15) is 5.10 Å². The maximum Gasteiger partial charge on any atom is 0.158 e. The molecule has 2 heterocycles. The van der Waals surface area contributed by atoms with Crippen LogP contribution >= 0.6 is 27.5 Å². The summed E-state index contributed by atoms with van der Waals surface area (Å²) in [6.45, 7) is 3.83. The summed E-state index contributed by atoms with van der Waals surface area (Å²) >= 11 is 9.60. The van der Waals surface area contributed by atoms with Crippen LogP contribution in [-0.2, 0) is 0 Å². The molecule has 1 aliphatic carbocycles. The van der Waals surface area contributed by atoms with Gasteiger partial charge in [0.25, 0.3) is 0 Å². The SMILES string of the molecule is Cc1nn(-c2cc(Br)nc(C3CC3)n2)c(C)c1Cl. The van der Waals surface area contributed by atoms with Crippen molar-refractivity contribution < 1.29 is 0 Å². The quantitative estimate of drug-likeness (QED) is 0.792. The molecule has 1 saturated carbocycles. The molecule has 2 aromatic heterocycles. The Morgan fingerprint density at radius 2 is 2.06 bits per heavy atom. The van der Waals surface area contributed by atoms with E-state index in [2.05, 4.69) is 31.0 Å². The van der Waals surface area contributed by atoms with Crippen LogP contribution in [-0.4, -0.2) is 19.7 Å². The Hall–Kier alpha value is -0.940. The zero-order valence-corrected chi connectivity index (χ0v) is 12.5. The number of halogens is 2. The molecular weight excluding hydrogens is 316 g/mol. The summed E-state index contributed by atoms with van der Waals surface area (Å²) in [5, 5.41) is 5.11. The maximum absolute atomic E-state index is 6.16. The lowest BCUT2D eigenvalue weighted by Gasteiger charge is -2.06. The van der Waals surface area contributed by atoms with E-state index in [0.717, 1.165) is 27.6 Å². The summed E-state index contributed by atoms with van der Waals surface area (Å²) in [7, 11) is 0. The molecule has 3 rings (SSSR count). The third kappa shape index (κ3) is 2.06. The van der Waals surface area contributed by atoms with E-state index in [0.29, 0.717) is 10.9 Å². The highest BCUT2D eigenvalue weighted by Crippen LogP contribution is 2.38. The Kier molecular flexibility index (Phi) is 2.90. The highest BCUT2D eigenvalue weighted by Gasteiger charge is 2.27. The van der Waals surface area contributed by atoms with Gasteiger partial charge < -0.3 is 0 Å². The maximum atomic E-state index is 6.16. The molecule has 0 atom stereocenters. The number of hydrogen-bond donors (Lipinski definition) is 0. The van der Waals surface area contributed by atoms with Gasteiger partial charge in [-0.3, -0.25) is 0 Å². The molecule has 0 aromatic carbocycles. The topological polar surface area (TPSA) is 43.6 Å². The van der Waals surface area contributed by atoms with E-state index in [9.17, 15) is 0 Å². The molecule has 4 nitrogen and oxygen atoms in total. The smallest absolute Gasteiger partial charge is 0.158 e. The molecular formula is C12H12BrClN4. The Morgan fingerprint density at radius 1 is 1.33 bits per heavy atom. The molecule has 6 heteroatoms. The Morgan fingerprint density at radius 3 is 2.61 bits per heavy atom. The van der Waals surface area contributed by atoms with Crippen molar-refractivity contribution >= 4 is 27.5 Å². The standard InChI is InChI=1S/C12H12BrClN4/c1-6-11(14)7(2)18(17-6)10-5-9(13)15-12(16-10)8-3-4-8/h5,8H,3-4H2,1-2H3. The predicted molar refractivity (Wildman–Crippen MR) is 73.3 cm³/mol. The summed E-state index contributed by atoms with van der Waals surface area (Å²) in [6, 6.07) is 1.86. The van der Waals surface area contributed by atoms with E-state index in [1.807, 2.05) is 19.9 Å². The van der Waals surface area contributed by atoms with Gasteiger partial charge in [0.15, 0.2) is 5.82 Å². The third-order valence-electron chi connectivity index (χ3n) is 3.06. The Labute approximate surface area is 119 Å². The van der Waals surface area contributed by atoms with Crippen LogP contribution < -0.4 is 0 Å². The number of nitrogens with zero attached hydrogens (tertiary/aromatic N) is 4. The van der Waals surface area contributed by atoms with Crippen LogP contribution in [0.5, 0.6) is 0 Å². The highest BCUT2D eigenvalue weighted by atomic mass is 79.9. The van der Waals surface area contributed by atoms with Gasteiger partial charge in [-0.15, -0.1) is 0 Å². The van der Waals surface area contributed by atoms with Crippen molar-refractivity contribution in [3.63, 3.8) is 0 Å². The lowest BCUT2D eigenvalue weighted by molar-refractivity contribution is 0.777. The van der Waals surface area contributed by atoms with Crippen LogP contribution in [0.25, 0.3) is 5.82 Å². The minimum atomic E-state index is 0.508. The summed E-state index contributed by atoms with van der Waals surface area (Å²) in [6.07, 6.45) is 2.35. The van der Waals surface area contributed by atoms with Crippen molar-refractivity contribution in [3.8, 4) is 5.82 Å². The minimum Gasteiger partial charge on any atom is -0.226 e. The van der Waals surface area contributed by atoms with Crippen molar-refractivity contribution in [2.45, 2.75) is 32.6 Å². The van der Waals surface area contributed by atoms with Gasteiger partial charge >= 0.3 is 0 Å². The van der Waals surface area contributed by atoms with E-state index in [-0.39, 0.29) is 0 Å². The lowest BCUT2D eigenvalue weighted by atomic mass is 10.4. The third-order valence-corrected chi connectivity index (χ3v) is 4.01. The summed E-state index contributed by atoms with van der Waals surface area (Å²) < 4.78 is 2.56. The molecule has 0 unspecified atom stereocenters. The van der Waals surface area contributed by atoms with E-state index < -0.39 is 0 Å². The average molecular weight is 328 g/mol. The van der Waals surface area contributed by atoms with Crippen LogP contribution in [0, 0.1) is 13.8 Å². The molecule has 0 bridgehead atoms. The lowest BCUT2D eigenvalue weighted by Crippen LogP contribution is -2.05. The fourth-order valence-corrected chi connectivity index (χ4v) is 2.41. The van der Waals surface area contributed by atoms with Crippen LogP contribution in [0.3, 0.4) is 0 Å².